The van der Waals surface area contributed by atoms with Gasteiger partial charge >= 0.3 is 17.9 Å². The third-order valence-corrected chi connectivity index (χ3v) is 14.1. The lowest BCUT2D eigenvalue weighted by Crippen LogP contribution is -2.30. The molecule has 0 spiro atoms. The number of hydrogen-bond acceptors (Lipinski definition) is 6. The number of esters is 3. The Morgan fingerprint density at radius 3 is 0.803 bits per heavy atom. The number of rotatable bonds is 58. The topological polar surface area (TPSA) is 78.9 Å². The molecule has 0 rings (SSSR count). The van der Waals surface area contributed by atoms with Crippen molar-refractivity contribution in [2.24, 2.45) is 0 Å². The van der Waals surface area contributed by atoms with Gasteiger partial charge in [-0.05, 0) is 77.0 Å². The van der Waals surface area contributed by atoms with Crippen LogP contribution >= 0.6 is 0 Å². The maximum atomic E-state index is 12.8. The molecule has 0 aliphatic heterocycles. The van der Waals surface area contributed by atoms with Gasteiger partial charge in [-0.3, -0.25) is 14.4 Å². The molecule has 416 valence electrons. The van der Waals surface area contributed by atoms with Gasteiger partial charge in [-0.2, -0.15) is 0 Å². The molecule has 0 radical (unpaired) electrons. The maximum absolute atomic E-state index is 12.8. The smallest absolute Gasteiger partial charge is 0.306 e. The van der Waals surface area contributed by atoms with Crippen LogP contribution in [0.4, 0.5) is 0 Å². The van der Waals surface area contributed by atoms with Crippen molar-refractivity contribution < 1.29 is 28.6 Å². The summed E-state index contributed by atoms with van der Waals surface area (Å²) in [5.41, 5.74) is 0. The second kappa shape index (κ2) is 60.2. The van der Waals surface area contributed by atoms with Crippen LogP contribution in [0.5, 0.6) is 0 Å². The average Bonchev–Trinajstić information content (AvgIpc) is 3.37. The highest BCUT2D eigenvalue weighted by atomic mass is 16.6. The number of carbonyl (C=O) groups is 3. The van der Waals surface area contributed by atoms with Gasteiger partial charge in [0.25, 0.3) is 0 Å². The molecular formula is C65H120O6. The van der Waals surface area contributed by atoms with E-state index in [-0.39, 0.29) is 31.1 Å². The minimum absolute atomic E-state index is 0.0707. The van der Waals surface area contributed by atoms with Crippen LogP contribution in [0.15, 0.2) is 36.5 Å². The summed E-state index contributed by atoms with van der Waals surface area (Å²) in [4.78, 5) is 38.2. The van der Waals surface area contributed by atoms with Gasteiger partial charge < -0.3 is 14.2 Å². The number of unbranched alkanes of at least 4 members (excludes halogenated alkanes) is 41. The van der Waals surface area contributed by atoms with Gasteiger partial charge in [0.05, 0.1) is 0 Å². The van der Waals surface area contributed by atoms with Crippen molar-refractivity contribution in [1.82, 2.24) is 0 Å². The normalized spacial score (nSPS) is 12.2. The van der Waals surface area contributed by atoms with E-state index in [1.54, 1.807) is 0 Å². The van der Waals surface area contributed by atoms with Crippen LogP contribution < -0.4 is 0 Å². The summed E-state index contributed by atoms with van der Waals surface area (Å²) >= 11 is 0. The molecule has 0 aromatic carbocycles. The Morgan fingerprint density at radius 1 is 0.282 bits per heavy atom. The predicted molar refractivity (Wildman–Crippen MR) is 307 cm³/mol. The second-order valence-electron chi connectivity index (χ2n) is 21.3. The zero-order chi connectivity index (χ0) is 51.4. The van der Waals surface area contributed by atoms with Crippen LogP contribution in [0.1, 0.15) is 342 Å². The molecule has 0 aromatic rings. The van der Waals surface area contributed by atoms with Crippen LogP contribution in [0.25, 0.3) is 0 Å². The molecule has 0 aliphatic carbocycles. The summed E-state index contributed by atoms with van der Waals surface area (Å²) in [6.45, 7) is 6.65. The Labute approximate surface area is 442 Å². The molecule has 0 amide bonds. The molecule has 0 heterocycles. The minimum atomic E-state index is -0.772. The summed E-state index contributed by atoms with van der Waals surface area (Å²) in [7, 11) is 0. The van der Waals surface area contributed by atoms with Gasteiger partial charge in [-0.15, -0.1) is 0 Å². The van der Waals surface area contributed by atoms with E-state index in [1.165, 1.54) is 231 Å². The van der Waals surface area contributed by atoms with Crippen molar-refractivity contribution in [2.45, 2.75) is 348 Å². The summed E-state index contributed by atoms with van der Waals surface area (Å²) in [6, 6.07) is 0. The molecule has 0 aromatic heterocycles. The van der Waals surface area contributed by atoms with E-state index in [9.17, 15) is 14.4 Å². The fourth-order valence-electron chi connectivity index (χ4n) is 9.35. The molecular weight excluding hydrogens is 877 g/mol. The molecule has 71 heavy (non-hydrogen) atoms. The SMILES string of the molecule is CCCCCC/C=C\CCCCCCCC(=O)OC(COC(=O)CCCCCCCCCCCCCCC)COC(=O)CCCCCCCCCCCCCCCCC/C=C\C/C=C\CCCCCCC. The fourth-order valence-corrected chi connectivity index (χ4v) is 9.35. The predicted octanol–water partition coefficient (Wildman–Crippen LogP) is 21.2. The molecule has 0 bridgehead atoms. The van der Waals surface area contributed by atoms with Gasteiger partial charge in [-0.25, -0.2) is 0 Å². The third kappa shape index (κ3) is 58.4. The second-order valence-corrected chi connectivity index (χ2v) is 21.3. The van der Waals surface area contributed by atoms with Crippen LogP contribution in [0.2, 0.25) is 0 Å². The van der Waals surface area contributed by atoms with Crippen molar-refractivity contribution in [2.75, 3.05) is 13.2 Å². The molecule has 0 N–H and O–H groups in total. The standard InChI is InChI=1S/C65H120O6/c1-4-7-10-13-16-19-22-25-26-27-28-29-30-31-32-33-34-35-36-37-38-41-43-46-49-52-55-58-64(67)70-61-62(71-65(68)59-56-53-50-47-44-40-24-21-18-15-12-9-6-3)60-69-63(66)57-54-51-48-45-42-39-23-20-17-14-11-8-5-2/h21-22,24-25,27-28,62H,4-20,23,26,29-61H2,1-3H3/b24-21-,25-22-,28-27-. The maximum Gasteiger partial charge on any atom is 0.306 e. The average molecular weight is 998 g/mol. The quantitative estimate of drug-likeness (QED) is 0.0261. The van der Waals surface area contributed by atoms with Crippen molar-refractivity contribution in [1.29, 1.82) is 0 Å². The van der Waals surface area contributed by atoms with Crippen LogP contribution in [0, 0.1) is 0 Å². The van der Waals surface area contributed by atoms with E-state index in [1.807, 2.05) is 0 Å². The Balaban J connectivity index is 4.17. The largest absolute Gasteiger partial charge is 0.462 e. The number of ether oxygens (including phenoxy) is 3. The Bertz CT molecular complexity index is 1190. The highest BCUT2D eigenvalue weighted by Gasteiger charge is 2.19. The summed E-state index contributed by atoms with van der Waals surface area (Å²) in [6.07, 6.45) is 73.0. The summed E-state index contributed by atoms with van der Waals surface area (Å²) < 4.78 is 16.9. The highest BCUT2D eigenvalue weighted by Crippen LogP contribution is 2.17. The van der Waals surface area contributed by atoms with Crippen molar-refractivity contribution >= 4 is 17.9 Å². The van der Waals surface area contributed by atoms with Gasteiger partial charge in [-0.1, -0.05) is 282 Å². The molecule has 0 aliphatic rings. The monoisotopic (exact) mass is 997 g/mol. The van der Waals surface area contributed by atoms with E-state index >= 15 is 0 Å². The van der Waals surface area contributed by atoms with E-state index in [0.29, 0.717) is 19.3 Å². The molecule has 0 saturated carbocycles. The van der Waals surface area contributed by atoms with Crippen LogP contribution in [-0.4, -0.2) is 37.2 Å². The zero-order valence-corrected chi connectivity index (χ0v) is 47.8. The van der Waals surface area contributed by atoms with Crippen LogP contribution in [-0.2, 0) is 28.6 Å². The van der Waals surface area contributed by atoms with Crippen LogP contribution in [0.3, 0.4) is 0 Å². The Kier molecular flexibility index (Phi) is 58.2. The first kappa shape index (κ1) is 68.6. The first-order valence-corrected chi connectivity index (χ1v) is 31.5. The minimum Gasteiger partial charge on any atom is -0.462 e. The van der Waals surface area contributed by atoms with Crippen molar-refractivity contribution in [3.05, 3.63) is 36.5 Å². The number of allylic oxidation sites excluding steroid dienone is 6. The van der Waals surface area contributed by atoms with Gasteiger partial charge in [0.2, 0.25) is 0 Å². The van der Waals surface area contributed by atoms with E-state index < -0.39 is 6.10 Å². The molecule has 6 nitrogen and oxygen atoms in total. The molecule has 0 saturated heterocycles. The Hall–Kier alpha value is -2.37. The van der Waals surface area contributed by atoms with E-state index in [4.69, 9.17) is 14.2 Å². The first-order valence-electron chi connectivity index (χ1n) is 31.5. The van der Waals surface area contributed by atoms with Gasteiger partial charge in [0, 0.05) is 19.3 Å². The van der Waals surface area contributed by atoms with Gasteiger partial charge in [0.15, 0.2) is 6.10 Å². The number of carbonyl (C=O) groups excluding carboxylic acids is 3. The van der Waals surface area contributed by atoms with Gasteiger partial charge in [0.1, 0.15) is 13.2 Å². The number of hydrogen-bond donors (Lipinski definition) is 0. The molecule has 6 heteroatoms. The molecule has 1 unspecified atom stereocenters. The molecule has 0 fully saturated rings. The molecule has 1 atom stereocenters. The lowest BCUT2D eigenvalue weighted by Gasteiger charge is -2.18. The third-order valence-electron chi connectivity index (χ3n) is 14.1. The van der Waals surface area contributed by atoms with Crippen molar-refractivity contribution in [3.63, 3.8) is 0 Å². The van der Waals surface area contributed by atoms with E-state index in [0.717, 1.165) is 70.6 Å². The Morgan fingerprint density at radius 2 is 0.507 bits per heavy atom. The fraction of sp³-hybridized carbons (Fsp3) is 0.862. The highest BCUT2D eigenvalue weighted by molar-refractivity contribution is 5.71. The first-order chi connectivity index (χ1) is 35.0. The lowest BCUT2D eigenvalue weighted by atomic mass is 10.0. The van der Waals surface area contributed by atoms with E-state index in [2.05, 4.69) is 57.2 Å². The summed E-state index contributed by atoms with van der Waals surface area (Å²) in [5.74, 6) is -0.859. The zero-order valence-electron chi connectivity index (χ0n) is 47.8. The van der Waals surface area contributed by atoms with Crippen molar-refractivity contribution in [3.8, 4) is 0 Å². The summed E-state index contributed by atoms with van der Waals surface area (Å²) in [5, 5.41) is 0. The lowest BCUT2D eigenvalue weighted by molar-refractivity contribution is -0.167.